The van der Waals surface area contributed by atoms with E-state index < -0.39 is 0 Å². The summed E-state index contributed by atoms with van der Waals surface area (Å²) >= 11 is 0. The SMILES string of the molecule is CCCCCCCCCCCCC(C[C]=O)OC(=O)CCCCCCCCCCC. The van der Waals surface area contributed by atoms with Crippen LogP contribution in [0.4, 0.5) is 0 Å². The van der Waals surface area contributed by atoms with Crippen molar-refractivity contribution in [3.05, 3.63) is 0 Å². The summed E-state index contributed by atoms with van der Waals surface area (Å²) < 4.78 is 5.54. The molecule has 0 aliphatic rings. The lowest BCUT2D eigenvalue weighted by molar-refractivity contribution is -0.149. The topological polar surface area (TPSA) is 43.4 Å². The van der Waals surface area contributed by atoms with Crippen LogP contribution in [-0.2, 0) is 14.3 Å². The van der Waals surface area contributed by atoms with E-state index in [1.165, 1.54) is 103 Å². The molecular weight excluding hydrogens is 372 g/mol. The van der Waals surface area contributed by atoms with Gasteiger partial charge in [-0.05, 0) is 19.3 Å². The zero-order chi connectivity index (χ0) is 22.1. The lowest BCUT2D eigenvalue weighted by Gasteiger charge is -2.15. The molecule has 0 saturated carbocycles. The monoisotopic (exact) mass is 423 g/mol. The second-order valence-electron chi connectivity index (χ2n) is 9.01. The van der Waals surface area contributed by atoms with Crippen molar-refractivity contribution in [2.45, 2.75) is 161 Å². The van der Waals surface area contributed by atoms with Gasteiger partial charge in [-0.15, -0.1) is 0 Å². The number of hydrogen-bond acceptors (Lipinski definition) is 3. The van der Waals surface area contributed by atoms with Crippen LogP contribution in [0.5, 0.6) is 0 Å². The fourth-order valence-electron chi connectivity index (χ4n) is 3.98. The minimum absolute atomic E-state index is 0.134. The molecule has 0 fully saturated rings. The maximum atomic E-state index is 12.1. The molecule has 3 nitrogen and oxygen atoms in total. The van der Waals surface area contributed by atoms with Crippen LogP contribution in [0.1, 0.15) is 155 Å². The van der Waals surface area contributed by atoms with Gasteiger partial charge in [0.1, 0.15) is 6.10 Å². The molecule has 0 saturated heterocycles. The first-order chi connectivity index (χ1) is 14.7. The molecule has 0 aliphatic heterocycles. The Hall–Kier alpha value is -0.860. The molecule has 0 spiro atoms. The Kier molecular flexibility index (Phi) is 23.7. The van der Waals surface area contributed by atoms with Crippen molar-refractivity contribution in [2.75, 3.05) is 0 Å². The predicted molar refractivity (Wildman–Crippen MR) is 128 cm³/mol. The molecule has 0 N–H and O–H groups in total. The summed E-state index contributed by atoms with van der Waals surface area (Å²) in [6, 6.07) is 0. The van der Waals surface area contributed by atoms with Crippen molar-refractivity contribution in [2.24, 2.45) is 0 Å². The smallest absolute Gasteiger partial charge is 0.306 e. The molecule has 0 amide bonds. The van der Waals surface area contributed by atoms with Crippen molar-refractivity contribution in [1.29, 1.82) is 0 Å². The molecular formula is C27H51O3. The van der Waals surface area contributed by atoms with E-state index in [9.17, 15) is 9.59 Å². The molecule has 0 aromatic rings. The average Bonchev–Trinajstić information content (AvgIpc) is 2.74. The fraction of sp³-hybridized carbons (Fsp3) is 0.926. The molecule has 0 aromatic carbocycles. The predicted octanol–water partition coefficient (Wildman–Crippen LogP) is 8.63. The van der Waals surface area contributed by atoms with Crippen LogP contribution >= 0.6 is 0 Å². The summed E-state index contributed by atoms with van der Waals surface area (Å²) in [6.45, 7) is 4.50. The maximum absolute atomic E-state index is 12.1. The van der Waals surface area contributed by atoms with Crippen LogP contribution < -0.4 is 0 Å². The summed E-state index contributed by atoms with van der Waals surface area (Å²) in [4.78, 5) is 22.9. The Morgan fingerprint density at radius 1 is 0.633 bits per heavy atom. The average molecular weight is 424 g/mol. The van der Waals surface area contributed by atoms with Crippen LogP contribution in [0.2, 0.25) is 0 Å². The van der Waals surface area contributed by atoms with Gasteiger partial charge in [0.05, 0.1) is 6.42 Å². The van der Waals surface area contributed by atoms with Gasteiger partial charge in [0.2, 0.25) is 6.29 Å². The van der Waals surface area contributed by atoms with Crippen LogP contribution in [0.15, 0.2) is 0 Å². The fourth-order valence-corrected chi connectivity index (χ4v) is 3.98. The normalized spacial score (nSPS) is 12.1. The molecule has 0 rings (SSSR count). The van der Waals surface area contributed by atoms with Crippen molar-refractivity contribution in [3.8, 4) is 0 Å². The Morgan fingerprint density at radius 2 is 1.03 bits per heavy atom. The molecule has 1 atom stereocenters. The van der Waals surface area contributed by atoms with Crippen molar-refractivity contribution >= 4 is 12.3 Å². The van der Waals surface area contributed by atoms with Crippen LogP contribution in [0, 0.1) is 0 Å². The summed E-state index contributed by atoms with van der Waals surface area (Å²) in [5.74, 6) is -0.134. The molecule has 1 radical (unpaired) electrons. The van der Waals surface area contributed by atoms with Crippen molar-refractivity contribution < 1.29 is 14.3 Å². The van der Waals surface area contributed by atoms with E-state index in [4.69, 9.17) is 4.74 Å². The summed E-state index contributed by atoms with van der Waals surface area (Å²) in [6.07, 6.45) is 27.2. The van der Waals surface area contributed by atoms with E-state index in [0.717, 1.165) is 25.7 Å². The highest BCUT2D eigenvalue weighted by Gasteiger charge is 2.14. The van der Waals surface area contributed by atoms with E-state index >= 15 is 0 Å². The van der Waals surface area contributed by atoms with E-state index in [1.54, 1.807) is 0 Å². The number of carbonyl (C=O) groups is 1. The van der Waals surface area contributed by atoms with Crippen molar-refractivity contribution in [3.63, 3.8) is 0 Å². The van der Waals surface area contributed by atoms with E-state index in [0.29, 0.717) is 6.42 Å². The molecule has 30 heavy (non-hydrogen) atoms. The first-order valence-electron chi connectivity index (χ1n) is 13.3. The van der Waals surface area contributed by atoms with Gasteiger partial charge in [-0.3, -0.25) is 9.59 Å². The minimum atomic E-state index is -0.261. The third-order valence-electron chi connectivity index (χ3n) is 5.97. The summed E-state index contributed by atoms with van der Waals surface area (Å²) in [5.41, 5.74) is 0. The second-order valence-corrected chi connectivity index (χ2v) is 9.01. The van der Waals surface area contributed by atoms with Crippen LogP contribution in [0.3, 0.4) is 0 Å². The van der Waals surface area contributed by atoms with Gasteiger partial charge in [-0.1, -0.05) is 123 Å². The van der Waals surface area contributed by atoms with Crippen molar-refractivity contribution in [1.82, 2.24) is 0 Å². The van der Waals surface area contributed by atoms with E-state index in [1.807, 2.05) is 6.29 Å². The lowest BCUT2D eigenvalue weighted by Crippen LogP contribution is -2.18. The number of rotatable bonds is 24. The van der Waals surface area contributed by atoms with Crippen LogP contribution in [-0.4, -0.2) is 18.4 Å². The number of ether oxygens (including phenoxy) is 1. The Morgan fingerprint density at radius 3 is 1.47 bits per heavy atom. The first kappa shape index (κ1) is 29.1. The standard InChI is InChI=1S/C27H51O3/c1-3-5-7-9-11-13-15-16-18-20-22-26(24-25-28)30-27(29)23-21-19-17-14-12-10-8-6-4-2/h26H,3-24H2,1-2H3. The second kappa shape index (κ2) is 24.4. The summed E-state index contributed by atoms with van der Waals surface area (Å²) in [7, 11) is 0. The highest BCUT2D eigenvalue weighted by molar-refractivity contribution is 5.69. The van der Waals surface area contributed by atoms with Gasteiger partial charge >= 0.3 is 5.97 Å². The third-order valence-corrected chi connectivity index (χ3v) is 5.97. The number of carbonyl (C=O) groups excluding carboxylic acids is 2. The first-order valence-corrected chi connectivity index (χ1v) is 13.3. The van der Waals surface area contributed by atoms with Gasteiger partial charge in [-0.25, -0.2) is 0 Å². The molecule has 0 heterocycles. The largest absolute Gasteiger partial charge is 0.462 e. The quantitative estimate of drug-likeness (QED) is 0.115. The van der Waals surface area contributed by atoms with Gasteiger partial charge in [0.25, 0.3) is 0 Å². The Bertz CT molecular complexity index is 367. The van der Waals surface area contributed by atoms with Crippen LogP contribution in [0.25, 0.3) is 0 Å². The van der Waals surface area contributed by atoms with Gasteiger partial charge < -0.3 is 4.74 Å². The minimum Gasteiger partial charge on any atom is -0.462 e. The third kappa shape index (κ3) is 21.8. The molecule has 1 unspecified atom stereocenters. The molecule has 0 bridgehead atoms. The molecule has 0 aromatic heterocycles. The Balaban J connectivity index is 3.60. The number of hydrogen-bond donors (Lipinski definition) is 0. The highest BCUT2D eigenvalue weighted by Crippen LogP contribution is 2.15. The summed E-state index contributed by atoms with van der Waals surface area (Å²) in [5, 5.41) is 0. The van der Waals surface area contributed by atoms with Gasteiger partial charge in [-0.2, -0.15) is 0 Å². The Labute approximate surface area is 188 Å². The molecule has 0 aliphatic carbocycles. The zero-order valence-corrected chi connectivity index (χ0v) is 20.4. The van der Waals surface area contributed by atoms with Gasteiger partial charge in [0, 0.05) is 6.42 Å². The van der Waals surface area contributed by atoms with Gasteiger partial charge in [0.15, 0.2) is 0 Å². The highest BCUT2D eigenvalue weighted by atomic mass is 16.5. The number of esters is 1. The van der Waals surface area contributed by atoms with E-state index in [2.05, 4.69) is 13.8 Å². The zero-order valence-electron chi connectivity index (χ0n) is 20.4. The molecule has 177 valence electrons. The molecule has 3 heteroatoms. The lowest BCUT2D eigenvalue weighted by atomic mass is 10.0. The van der Waals surface area contributed by atoms with E-state index in [-0.39, 0.29) is 18.5 Å². The maximum Gasteiger partial charge on any atom is 0.306 e. The number of unbranched alkanes of at least 4 members (excludes halogenated alkanes) is 17.